The maximum atomic E-state index is 12.6. The van der Waals surface area contributed by atoms with Gasteiger partial charge in [-0.25, -0.2) is 0 Å². The van der Waals surface area contributed by atoms with Crippen LogP contribution in [0, 0.1) is 0 Å². The average Bonchev–Trinajstić information content (AvgIpc) is 2.94. The Labute approximate surface area is 151 Å². The quantitative estimate of drug-likeness (QED) is 0.778. The molecule has 0 atom stereocenters. The first-order chi connectivity index (χ1) is 11.4. The highest BCUT2D eigenvalue weighted by Crippen LogP contribution is 2.25. The molecule has 3 N–H and O–H groups in total. The van der Waals surface area contributed by atoms with E-state index in [1.807, 2.05) is 19.9 Å². The zero-order chi connectivity index (χ0) is 17.3. The highest BCUT2D eigenvalue weighted by molar-refractivity contribution is 6.35. The lowest BCUT2D eigenvalue weighted by Gasteiger charge is -2.27. The maximum absolute atomic E-state index is 12.6. The molecule has 24 heavy (non-hydrogen) atoms. The van der Waals surface area contributed by atoms with Crippen molar-refractivity contribution in [2.45, 2.75) is 38.8 Å². The summed E-state index contributed by atoms with van der Waals surface area (Å²) in [5, 5.41) is 14.7. The molecule has 0 aliphatic carbocycles. The number of amides is 1. The van der Waals surface area contributed by atoms with Gasteiger partial charge in [0, 0.05) is 46.4 Å². The van der Waals surface area contributed by atoms with Gasteiger partial charge in [0.25, 0.3) is 5.91 Å². The number of carbonyl (C=O) groups excluding carboxylic acids is 1. The van der Waals surface area contributed by atoms with Gasteiger partial charge in [-0.05, 0) is 38.0 Å². The second kappa shape index (κ2) is 6.75. The monoisotopic (exact) mass is 366 g/mol. The summed E-state index contributed by atoms with van der Waals surface area (Å²) in [5.74, 6) is -0.175. The van der Waals surface area contributed by atoms with Crippen molar-refractivity contribution in [1.82, 2.24) is 20.8 Å². The molecule has 0 radical (unpaired) electrons. The van der Waals surface area contributed by atoms with Gasteiger partial charge in [0.1, 0.15) is 0 Å². The molecule has 0 saturated carbocycles. The van der Waals surface area contributed by atoms with Crippen molar-refractivity contribution in [3.63, 3.8) is 0 Å². The summed E-state index contributed by atoms with van der Waals surface area (Å²) in [4.78, 5) is 12.6. The topological polar surface area (TPSA) is 69.8 Å². The Morgan fingerprint density at radius 3 is 2.92 bits per heavy atom. The van der Waals surface area contributed by atoms with Crippen LogP contribution in [-0.2, 0) is 19.4 Å². The molecular weight excluding hydrogens is 347 g/mol. The molecular formula is C17H20Cl2N4O. The van der Waals surface area contributed by atoms with Crippen LogP contribution in [0.15, 0.2) is 18.2 Å². The Bertz CT molecular complexity index is 770. The fourth-order valence-corrected chi connectivity index (χ4v) is 3.44. The van der Waals surface area contributed by atoms with E-state index in [2.05, 4.69) is 20.8 Å². The van der Waals surface area contributed by atoms with Crippen LogP contribution in [0.5, 0.6) is 0 Å². The number of nitrogens with one attached hydrogen (secondary N) is 3. The van der Waals surface area contributed by atoms with Gasteiger partial charge in [0.2, 0.25) is 0 Å². The van der Waals surface area contributed by atoms with Crippen molar-refractivity contribution >= 4 is 29.1 Å². The van der Waals surface area contributed by atoms with Gasteiger partial charge in [-0.15, -0.1) is 0 Å². The number of hydrogen-bond acceptors (Lipinski definition) is 3. The van der Waals surface area contributed by atoms with Gasteiger partial charge in [0.15, 0.2) is 5.69 Å². The van der Waals surface area contributed by atoms with Crippen LogP contribution in [0.2, 0.25) is 10.0 Å². The van der Waals surface area contributed by atoms with E-state index in [0.717, 1.165) is 29.8 Å². The number of nitrogens with zero attached hydrogens (tertiary/aromatic N) is 1. The zero-order valence-electron chi connectivity index (χ0n) is 13.7. The highest BCUT2D eigenvalue weighted by atomic mass is 35.5. The number of H-pyrrole nitrogens is 1. The van der Waals surface area contributed by atoms with E-state index in [-0.39, 0.29) is 5.91 Å². The van der Waals surface area contributed by atoms with Crippen molar-refractivity contribution < 1.29 is 4.79 Å². The Morgan fingerprint density at radius 2 is 2.17 bits per heavy atom. The van der Waals surface area contributed by atoms with Crippen molar-refractivity contribution in [3.05, 3.63) is 50.8 Å². The lowest BCUT2D eigenvalue weighted by Crippen LogP contribution is -2.45. The molecule has 2 aromatic rings. The predicted octanol–water partition coefficient (Wildman–Crippen LogP) is 3.11. The molecule has 7 heteroatoms. The Morgan fingerprint density at radius 1 is 1.38 bits per heavy atom. The molecule has 1 aromatic heterocycles. The number of hydrogen-bond donors (Lipinski definition) is 3. The van der Waals surface area contributed by atoms with Crippen molar-refractivity contribution in [2.24, 2.45) is 0 Å². The summed E-state index contributed by atoms with van der Waals surface area (Å²) >= 11 is 12.2. The minimum absolute atomic E-state index is 0.175. The third-order valence-corrected chi connectivity index (χ3v) is 4.71. The molecule has 0 saturated heterocycles. The summed E-state index contributed by atoms with van der Waals surface area (Å²) in [5.41, 5.74) is 2.93. The molecule has 0 spiro atoms. The lowest BCUT2D eigenvalue weighted by atomic mass is 9.94. The molecule has 1 amide bonds. The second-order valence-corrected chi connectivity index (χ2v) is 7.55. The molecule has 128 valence electrons. The first kappa shape index (κ1) is 17.3. The van der Waals surface area contributed by atoms with Gasteiger partial charge in [-0.1, -0.05) is 29.3 Å². The predicted molar refractivity (Wildman–Crippen MR) is 95.7 cm³/mol. The van der Waals surface area contributed by atoms with Gasteiger partial charge in [-0.3, -0.25) is 9.89 Å². The van der Waals surface area contributed by atoms with E-state index < -0.39 is 5.54 Å². The van der Waals surface area contributed by atoms with Gasteiger partial charge >= 0.3 is 0 Å². The summed E-state index contributed by atoms with van der Waals surface area (Å²) in [6, 6.07) is 5.40. The van der Waals surface area contributed by atoms with Crippen molar-refractivity contribution in [2.75, 3.05) is 6.54 Å². The number of fused-ring (bicyclic) bond motifs is 1. The van der Waals surface area contributed by atoms with Crippen LogP contribution in [0.3, 0.4) is 0 Å². The smallest absolute Gasteiger partial charge is 0.272 e. The van der Waals surface area contributed by atoms with Gasteiger partial charge in [0.05, 0.1) is 0 Å². The molecule has 1 aliphatic rings. The Hall–Kier alpha value is -1.56. The minimum atomic E-state index is -0.470. The molecule has 2 heterocycles. The van der Waals surface area contributed by atoms with Crippen LogP contribution >= 0.6 is 23.2 Å². The van der Waals surface area contributed by atoms with Gasteiger partial charge < -0.3 is 10.6 Å². The molecule has 0 bridgehead atoms. The number of aromatic nitrogens is 2. The third kappa shape index (κ3) is 3.74. The number of aromatic amines is 1. The van der Waals surface area contributed by atoms with Gasteiger partial charge in [-0.2, -0.15) is 5.10 Å². The molecule has 5 nitrogen and oxygen atoms in total. The molecule has 1 aromatic carbocycles. The van der Waals surface area contributed by atoms with E-state index in [9.17, 15) is 4.79 Å². The number of carbonyl (C=O) groups is 1. The second-order valence-electron chi connectivity index (χ2n) is 6.71. The van der Waals surface area contributed by atoms with E-state index in [1.54, 1.807) is 12.1 Å². The maximum Gasteiger partial charge on any atom is 0.272 e. The van der Waals surface area contributed by atoms with Crippen LogP contribution in [0.25, 0.3) is 0 Å². The molecule has 0 fully saturated rings. The van der Waals surface area contributed by atoms with Crippen LogP contribution in [-0.4, -0.2) is 28.2 Å². The number of halogens is 2. The molecule has 0 unspecified atom stereocenters. The van der Waals surface area contributed by atoms with E-state index in [4.69, 9.17) is 23.2 Å². The number of rotatable bonds is 4. The summed E-state index contributed by atoms with van der Waals surface area (Å²) in [6.45, 7) is 5.50. The molecule has 1 aliphatic heterocycles. The van der Waals surface area contributed by atoms with Crippen LogP contribution < -0.4 is 10.6 Å². The normalized spacial score (nSPS) is 14.3. The first-order valence-corrected chi connectivity index (χ1v) is 8.64. The Kier molecular flexibility index (Phi) is 4.85. The zero-order valence-corrected chi connectivity index (χ0v) is 15.2. The fraction of sp³-hybridized carbons (Fsp3) is 0.412. The highest BCUT2D eigenvalue weighted by Gasteiger charge is 2.27. The average molecular weight is 367 g/mol. The van der Waals surface area contributed by atoms with E-state index in [0.29, 0.717) is 28.7 Å². The fourth-order valence-electron chi connectivity index (χ4n) is 2.96. The van der Waals surface area contributed by atoms with Crippen LogP contribution in [0.4, 0.5) is 0 Å². The van der Waals surface area contributed by atoms with Crippen molar-refractivity contribution in [3.8, 4) is 0 Å². The molecule has 3 rings (SSSR count). The third-order valence-electron chi connectivity index (χ3n) is 4.12. The van der Waals surface area contributed by atoms with E-state index in [1.165, 1.54) is 0 Å². The summed E-state index contributed by atoms with van der Waals surface area (Å²) < 4.78 is 0. The number of benzene rings is 1. The lowest BCUT2D eigenvalue weighted by molar-refractivity contribution is 0.0906. The van der Waals surface area contributed by atoms with Crippen molar-refractivity contribution in [1.29, 1.82) is 0 Å². The van der Waals surface area contributed by atoms with E-state index >= 15 is 0 Å². The SMILES string of the molecule is CC(C)(Cc1ccc(Cl)cc1Cl)NC(=O)c1n[nH]c2c1CNCC2. The standard InChI is InChI=1S/C17H20Cl2N4O/c1-17(2,8-10-3-4-11(18)7-13(10)19)21-16(24)15-12-9-20-6-5-14(12)22-23-15/h3-4,7,20H,5-6,8-9H2,1-2H3,(H,21,24)(H,22,23). The minimum Gasteiger partial charge on any atom is -0.345 e. The summed E-state index contributed by atoms with van der Waals surface area (Å²) in [7, 11) is 0. The Balaban J connectivity index is 1.74. The van der Waals surface area contributed by atoms with Crippen LogP contribution in [0.1, 0.15) is 41.2 Å². The summed E-state index contributed by atoms with van der Waals surface area (Å²) in [6.07, 6.45) is 1.46. The first-order valence-electron chi connectivity index (χ1n) is 7.89. The largest absolute Gasteiger partial charge is 0.345 e.